The van der Waals surface area contributed by atoms with E-state index in [1.54, 1.807) is 42.5 Å². The lowest BCUT2D eigenvalue weighted by molar-refractivity contribution is -0.645. The lowest BCUT2D eigenvalue weighted by atomic mass is 9.84. The summed E-state index contributed by atoms with van der Waals surface area (Å²) in [6.07, 6.45) is 0.0223. The van der Waals surface area contributed by atoms with Gasteiger partial charge in [0, 0.05) is 35.9 Å². The van der Waals surface area contributed by atoms with Gasteiger partial charge in [0.15, 0.2) is 12.5 Å². The molecule has 8 nitrogen and oxygen atoms in total. The van der Waals surface area contributed by atoms with Crippen LogP contribution in [0, 0.1) is 5.21 Å². The minimum absolute atomic E-state index is 0.0565. The molecule has 0 saturated carbocycles. The molecule has 4 atom stereocenters. The number of ether oxygens (including phenoxy) is 2. The average Bonchev–Trinajstić information content (AvgIpc) is 3.11. The van der Waals surface area contributed by atoms with Crippen LogP contribution in [0.25, 0.3) is 0 Å². The zero-order valence-electron chi connectivity index (χ0n) is 24.9. The van der Waals surface area contributed by atoms with E-state index in [-0.39, 0.29) is 30.1 Å². The van der Waals surface area contributed by atoms with Gasteiger partial charge in [0.1, 0.15) is 0 Å². The number of aromatic nitrogens is 1. The highest BCUT2D eigenvalue weighted by Gasteiger charge is 2.42. The Morgan fingerprint density at radius 3 is 2.04 bits per heavy atom. The van der Waals surface area contributed by atoms with Crippen molar-refractivity contribution in [2.45, 2.75) is 47.5 Å². The molecule has 236 valence electrons. The molecule has 0 amide bonds. The molecule has 1 aliphatic heterocycles. The third-order valence-electron chi connectivity index (χ3n) is 7.93. The quantitative estimate of drug-likeness (QED) is 0.102. The summed E-state index contributed by atoms with van der Waals surface area (Å²) in [5.74, 6) is 0.302. The number of aliphatic hydroxyl groups excluding tert-OH is 1. The molecule has 1 aliphatic rings. The van der Waals surface area contributed by atoms with Gasteiger partial charge in [0.25, 0.3) is 5.03 Å². The molecule has 46 heavy (non-hydrogen) atoms. The minimum Gasteiger partial charge on any atom is -0.618 e. The standard InChI is InChI=1S/C36H34N2O6S2/c39-24-27-16-18-29(19-17-27)35-34(28-9-3-1-4-10-28)32(25-45-33-13-7-8-22-38(33)40)43-36(44-35)30-20-14-26(15-21-30)23-37-46(41,42)31-11-5-2-6-12-31/h1-22,32,34-37,39H,23-25H2/t32-,34-,35+,36?/m1/s1. The van der Waals surface area contributed by atoms with Crippen LogP contribution in [0.4, 0.5) is 0 Å². The van der Waals surface area contributed by atoms with Gasteiger partial charge in [0.2, 0.25) is 10.0 Å². The molecule has 0 bridgehead atoms. The van der Waals surface area contributed by atoms with Gasteiger partial charge in [-0.25, -0.2) is 13.1 Å². The van der Waals surface area contributed by atoms with Crippen molar-refractivity contribution in [3.63, 3.8) is 0 Å². The third kappa shape index (κ3) is 7.50. The van der Waals surface area contributed by atoms with Crippen molar-refractivity contribution in [2.75, 3.05) is 5.75 Å². The van der Waals surface area contributed by atoms with Crippen molar-refractivity contribution in [1.82, 2.24) is 4.72 Å². The maximum absolute atomic E-state index is 12.7. The largest absolute Gasteiger partial charge is 0.618 e. The molecule has 1 aromatic heterocycles. The van der Waals surface area contributed by atoms with Crippen molar-refractivity contribution < 1.29 is 27.7 Å². The average molecular weight is 655 g/mol. The maximum atomic E-state index is 12.7. The predicted molar refractivity (Wildman–Crippen MR) is 176 cm³/mol. The second kappa shape index (κ2) is 14.6. The van der Waals surface area contributed by atoms with Crippen molar-refractivity contribution in [3.05, 3.63) is 167 Å². The Hall–Kier alpha value is -4.03. The summed E-state index contributed by atoms with van der Waals surface area (Å²) in [4.78, 5) is 0.212. The molecule has 0 spiro atoms. The molecular weight excluding hydrogens is 621 g/mol. The molecule has 5 aromatic rings. The van der Waals surface area contributed by atoms with Crippen LogP contribution < -0.4 is 9.45 Å². The number of aliphatic hydroxyl groups is 1. The Balaban J connectivity index is 1.28. The van der Waals surface area contributed by atoms with Gasteiger partial charge >= 0.3 is 0 Å². The molecule has 0 radical (unpaired) electrons. The van der Waals surface area contributed by atoms with Gasteiger partial charge in [-0.1, -0.05) is 109 Å². The van der Waals surface area contributed by atoms with Crippen LogP contribution in [0.2, 0.25) is 0 Å². The van der Waals surface area contributed by atoms with Gasteiger partial charge in [-0.3, -0.25) is 0 Å². The zero-order valence-corrected chi connectivity index (χ0v) is 26.5. The number of thioether (sulfide) groups is 1. The first kappa shape index (κ1) is 31.9. The highest BCUT2D eigenvalue weighted by molar-refractivity contribution is 7.99. The number of nitrogens with zero attached hydrogens (tertiary/aromatic N) is 1. The van der Waals surface area contributed by atoms with Crippen LogP contribution in [0.15, 0.2) is 144 Å². The van der Waals surface area contributed by atoms with Crippen molar-refractivity contribution in [2.24, 2.45) is 0 Å². The molecule has 10 heteroatoms. The summed E-state index contributed by atoms with van der Waals surface area (Å²) in [5, 5.41) is 22.7. The van der Waals surface area contributed by atoms with Gasteiger partial charge in [-0.15, -0.1) is 0 Å². The smallest absolute Gasteiger partial charge is 0.251 e. The minimum atomic E-state index is -3.65. The topological polar surface area (TPSA) is 112 Å². The molecule has 4 aromatic carbocycles. The van der Waals surface area contributed by atoms with E-state index in [9.17, 15) is 18.7 Å². The number of rotatable bonds is 11. The number of hydrogen-bond acceptors (Lipinski definition) is 7. The van der Waals surface area contributed by atoms with Crippen LogP contribution in [-0.4, -0.2) is 25.4 Å². The molecule has 2 heterocycles. The highest BCUT2D eigenvalue weighted by atomic mass is 32.2. The van der Waals surface area contributed by atoms with Crippen LogP contribution in [0.5, 0.6) is 0 Å². The highest BCUT2D eigenvalue weighted by Crippen LogP contribution is 2.47. The zero-order chi connectivity index (χ0) is 31.9. The van der Waals surface area contributed by atoms with Crippen LogP contribution in [-0.2, 0) is 32.6 Å². The monoisotopic (exact) mass is 654 g/mol. The van der Waals surface area contributed by atoms with Gasteiger partial charge < -0.3 is 19.8 Å². The van der Waals surface area contributed by atoms with Crippen molar-refractivity contribution in [1.29, 1.82) is 0 Å². The van der Waals surface area contributed by atoms with E-state index in [4.69, 9.17) is 9.47 Å². The number of sulfonamides is 1. The van der Waals surface area contributed by atoms with E-state index in [0.717, 1.165) is 32.5 Å². The molecule has 6 rings (SSSR count). The second-order valence-electron chi connectivity index (χ2n) is 11.0. The normalized spacial score (nSPS) is 19.9. The fourth-order valence-electron chi connectivity index (χ4n) is 5.50. The number of nitrogens with one attached hydrogen (secondary N) is 1. The number of benzene rings is 4. The fourth-order valence-corrected chi connectivity index (χ4v) is 7.52. The summed E-state index contributed by atoms with van der Waals surface area (Å²) < 4.78 is 42.4. The van der Waals surface area contributed by atoms with E-state index < -0.39 is 22.4 Å². The van der Waals surface area contributed by atoms with Crippen LogP contribution in [0.3, 0.4) is 0 Å². The molecule has 1 saturated heterocycles. The lowest BCUT2D eigenvalue weighted by Crippen LogP contribution is -2.39. The van der Waals surface area contributed by atoms with Crippen molar-refractivity contribution >= 4 is 21.8 Å². The predicted octanol–water partition coefficient (Wildman–Crippen LogP) is 6.02. The van der Waals surface area contributed by atoms with Crippen molar-refractivity contribution in [3.8, 4) is 0 Å². The maximum Gasteiger partial charge on any atom is 0.251 e. The number of pyridine rings is 1. The second-order valence-corrected chi connectivity index (χ2v) is 13.8. The van der Waals surface area contributed by atoms with E-state index in [0.29, 0.717) is 10.8 Å². The molecule has 2 N–H and O–H groups in total. The molecule has 1 unspecified atom stereocenters. The Bertz CT molecular complexity index is 1820. The summed E-state index contributed by atoms with van der Waals surface area (Å²) >= 11 is 1.43. The molecule has 0 aliphatic carbocycles. The summed E-state index contributed by atoms with van der Waals surface area (Å²) in [7, 11) is -3.65. The molecular formula is C36H34N2O6S2. The van der Waals surface area contributed by atoms with E-state index in [1.165, 1.54) is 18.0 Å². The summed E-state index contributed by atoms with van der Waals surface area (Å²) in [6, 6.07) is 38.9. The first-order valence-electron chi connectivity index (χ1n) is 14.9. The Labute approximate surface area is 273 Å². The Morgan fingerprint density at radius 1 is 0.739 bits per heavy atom. The van der Waals surface area contributed by atoms with Gasteiger partial charge in [0.05, 0.1) is 23.7 Å². The first-order chi connectivity index (χ1) is 22.4. The first-order valence-corrected chi connectivity index (χ1v) is 17.4. The van der Waals surface area contributed by atoms with E-state index in [1.807, 2.05) is 72.8 Å². The SMILES string of the molecule is O=S(=O)(NCc1ccc(C2O[C@H](CSc3cccc[n+]3[O-])[C@@H](c3ccccc3)[C@H](c3ccc(CO)cc3)O2)cc1)c1ccccc1. The van der Waals surface area contributed by atoms with E-state index >= 15 is 0 Å². The van der Waals surface area contributed by atoms with Crippen LogP contribution >= 0.6 is 11.8 Å². The Morgan fingerprint density at radius 2 is 1.37 bits per heavy atom. The van der Waals surface area contributed by atoms with E-state index in [2.05, 4.69) is 16.9 Å². The molecule has 1 fully saturated rings. The third-order valence-corrected chi connectivity index (χ3v) is 10.5. The number of hydrogen-bond donors (Lipinski definition) is 2. The Kier molecular flexibility index (Phi) is 10.1. The lowest BCUT2D eigenvalue weighted by Gasteiger charge is -2.43. The summed E-state index contributed by atoms with van der Waals surface area (Å²) in [6.45, 7) is 0.0738. The van der Waals surface area contributed by atoms with Gasteiger partial charge in [-0.05, 0) is 40.5 Å². The van der Waals surface area contributed by atoms with Gasteiger partial charge in [-0.2, -0.15) is 4.73 Å². The van der Waals surface area contributed by atoms with Crippen LogP contribution in [0.1, 0.15) is 46.1 Å². The fraction of sp³-hybridized carbons (Fsp3) is 0.194. The summed E-state index contributed by atoms with van der Waals surface area (Å²) in [5.41, 5.74) is 4.37.